The summed E-state index contributed by atoms with van der Waals surface area (Å²) in [6.07, 6.45) is 3.38. The largest absolute Gasteiger partial charge is 0.477 e. The van der Waals surface area contributed by atoms with Crippen LogP contribution < -0.4 is 0 Å². The van der Waals surface area contributed by atoms with Crippen LogP contribution in [0.5, 0.6) is 0 Å². The molecule has 0 spiro atoms. The summed E-state index contributed by atoms with van der Waals surface area (Å²) in [5, 5.41) is 8.39. The molecule has 0 radical (unpaired) electrons. The number of carbonyl (C=O) groups is 1. The van der Waals surface area contributed by atoms with Gasteiger partial charge in [-0.25, -0.2) is 4.79 Å². The van der Waals surface area contributed by atoms with Gasteiger partial charge in [-0.3, -0.25) is 0 Å². The van der Waals surface area contributed by atoms with Crippen LogP contribution in [0.3, 0.4) is 0 Å². The van der Waals surface area contributed by atoms with Gasteiger partial charge in [0.05, 0.1) is 0 Å². The van der Waals surface area contributed by atoms with Crippen LogP contribution in [0.25, 0.3) is 0 Å². The Hall–Kier alpha value is -1.45. The summed E-state index contributed by atoms with van der Waals surface area (Å²) in [6, 6.07) is 5.19. The van der Waals surface area contributed by atoms with Gasteiger partial charge in [-0.05, 0) is 42.4 Å². The van der Waals surface area contributed by atoms with Crippen molar-refractivity contribution in [1.29, 1.82) is 0 Å². The lowest BCUT2D eigenvalue weighted by atomic mass is 9.89. The number of fused-ring (bicyclic) bond motifs is 1. The van der Waals surface area contributed by atoms with Gasteiger partial charge in [-0.1, -0.05) is 18.2 Å². The molecule has 0 saturated heterocycles. The third-order valence-electron chi connectivity index (χ3n) is 3.15. The fraction of sp³-hybridized carbons (Fsp3) is 0.462. The zero-order valence-electron chi connectivity index (χ0n) is 9.38. The molecule has 0 aliphatic heterocycles. The lowest BCUT2D eigenvalue weighted by molar-refractivity contribution is -0.164. The number of hydrogen-bond acceptors (Lipinski definition) is 1. The average Bonchev–Trinajstić information content (AvgIpc) is 2.28. The van der Waals surface area contributed by atoms with Crippen LogP contribution in [0.1, 0.15) is 29.5 Å². The maximum absolute atomic E-state index is 13.1. The van der Waals surface area contributed by atoms with Crippen LogP contribution in [-0.2, 0) is 24.1 Å². The topological polar surface area (TPSA) is 37.3 Å². The highest BCUT2D eigenvalue weighted by Gasteiger charge is 2.38. The molecule has 1 aliphatic rings. The Morgan fingerprint density at radius 2 is 1.88 bits per heavy atom. The van der Waals surface area contributed by atoms with E-state index in [0.29, 0.717) is 5.56 Å². The molecule has 0 bridgehead atoms. The van der Waals surface area contributed by atoms with E-state index in [0.717, 1.165) is 31.2 Å². The predicted molar refractivity (Wildman–Crippen MR) is 59.4 cm³/mol. The molecule has 0 amide bonds. The molecule has 0 heterocycles. The summed E-state index contributed by atoms with van der Waals surface area (Å²) in [4.78, 5) is 10.4. The molecule has 1 aliphatic carbocycles. The maximum Gasteiger partial charge on any atom is 0.374 e. The van der Waals surface area contributed by atoms with Gasteiger partial charge in [-0.15, -0.1) is 0 Å². The van der Waals surface area contributed by atoms with Crippen LogP contribution in [0.4, 0.5) is 8.78 Å². The second kappa shape index (κ2) is 4.43. The molecule has 0 unspecified atom stereocenters. The van der Waals surface area contributed by atoms with E-state index in [9.17, 15) is 13.6 Å². The van der Waals surface area contributed by atoms with Gasteiger partial charge in [0, 0.05) is 6.42 Å². The average molecular weight is 240 g/mol. The Labute approximate surface area is 98.3 Å². The van der Waals surface area contributed by atoms with Crippen LogP contribution >= 0.6 is 0 Å². The molecule has 1 N–H and O–H groups in total. The molecule has 17 heavy (non-hydrogen) atoms. The number of aliphatic carboxylic acids is 1. The summed E-state index contributed by atoms with van der Waals surface area (Å²) in [5.41, 5.74) is 2.70. The fourth-order valence-electron chi connectivity index (χ4n) is 2.23. The minimum atomic E-state index is -3.68. The third kappa shape index (κ3) is 2.62. The Morgan fingerprint density at radius 3 is 2.53 bits per heavy atom. The number of alkyl halides is 2. The predicted octanol–water partition coefficient (Wildman–Crippen LogP) is 2.83. The molecule has 0 aromatic heterocycles. The molecule has 0 atom stereocenters. The van der Waals surface area contributed by atoms with Crippen LogP contribution in [-0.4, -0.2) is 17.0 Å². The smallest absolute Gasteiger partial charge is 0.374 e. The first kappa shape index (κ1) is 12.0. The molecular weight excluding hydrogens is 226 g/mol. The lowest BCUT2D eigenvalue weighted by Gasteiger charge is -2.18. The van der Waals surface area contributed by atoms with Gasteiger partial charge in [0.1, 0.15) is 0 Å². The van der Waals surface area contributed by atoms with E-state index in [2.05, 4.69) is 0 Å². The fourth-order valence-corrected chi connectivity index (χ4v) is 2.23. The molecule has 4 heteroatoms. The van der Waals surface area contributed by atoms with E-state index in [1.165, 1.54) is 5.56 Å². The van der Waals surface area contributed by atoms with Crippen molar-refractivity contribution >= 4 is 5.97 Å². The van der Waals surface area contributed by atoms with Crippen LogP contribution in [0.15, 0.2) is 18.2 Å². The van der Waals surface area contributed by atoms with E-state index >= 15 is 0 Å². The number of rotatable bonds is 3. The number of carboxylic acids is 1. The van der Waals surface area contributed by atoms with Crippen molar-refractivity contribution in [3.63, 3.8) is 0 Å². The lowest BCUT2D eigenvalue weighted by Crippen LogP contribution is -2.30. The summed E-state index contributed by atoms with van der Waals surface area (Å²) in [5.74, 6) is -5.74. The highest BCUT2D eigenvalue weighted by atomic mass is 19.3. The van der Waals surface area contributed by atoms with E-state index in [4.69, 9.17) is 5.11 Å². The molecule has 2 nitrogen and oxygen atoms in total. The number of hydrogen-bond donors (Lipinski definition) is 1. The van der Waals surface area contributed by atoms with Gasteiger partial charge in [0.25, 0.3) is 0 Å². The van der Waals surface area contributed by atoms with Gasteiger partial charge in [0.15, 0.2) is 0 Å². The van der Waals surface area contributed by atoms with Gasteiger partial charge >= 0.3 is 11.9 Å². The molecule has 0 saturated carbocycles. The number of carboxylic acid groups (broad SMARTS) is 1. The first-order valence-electron chi connectivity index (χ1n) is 5.71. The summed E-state index contributed by atoms with van der Waals surface area (Å²) in [7, 11) is 0. The highest BCUT2D eigenvalue weighted by Crippen LogP contribution is 2.26. The van der Waals surface area contributed by atoms with Crippen molar-refractivity contribution in [3.8, 4) is 0 Å². The third-order valence-corrected chi connectivity index (χ3v) is 3.15. The second-order valence-electron chi connectivity index (χ2n) is 4.50. The van der Waals surface area contributed by atoms with Gasteiger partial charge in [0.2, 0.25) is 0 Å². The Kier molecular flexibility index (Phi) is 3.13. The SMILES string of the molecule is O=C(O)C(F)(F)Cc1ccc2c(c1)CCCC2. The second-order valence-corrected chi connectivity index (χ2v) is 4.50. The maximum atomic E-state index is 13.1. The first-order chi connectivity index (χ1) is 7.99. The quantitative estimate of drug-likeness (QED) is 0.882. The number of aryl methyl sites for hydroxylation is 2. The Morgan fingerprint density at radius 1 is 1.24 bits per heavy atom. The van der Waals surface area contributed by atoms with Crippen molar-refractivity contribution in [2.75, 3.05) is 0 Å². The minimum absolute atomic E-state index is 0.401. The molecular formula is C13H14F2O2. The zero-order chi connectivity index (χ0) is 12.5. The van der Waals surface area contributed by atoms with Crippen LogP contribution in [0, 0.1) is 0 Å². The zero-order valence-corrected chi connectivity index (χ0v) is 9.38. The monoisotopic (exact) mass is 240 g/mol. The van der Waals surface area contributed by atoms with Crippen molar-refractivity contribution in [3.05, 3.63) is 34.9 Å². The molecule has 2 rings (SSSR count). The van der Waals surface area contributed by atoms with Crippen molar-refractivity contribution < 1.29 is 18.7 Å². The summed E-state index contributed by atoms with van der Waals surface area (Å²) in [6.45, 7) is 0. The van der Waals surface area contributed by atoms with E-state index in [1.54, 1.807) is 12.1 Å². The normalized spacial score (nSPS) is 15.4. The standard InChI is InChI=1S/C13H14F2O2/c14-13(15,12(16)17)8-9-5-6-10-3-1-2-4-11(10)7-9/h5-7H,1-4,8H2,(H,16,17). The first-order valence-corrected chi connectivity index (χ1v) is 5.71. The Bertz CT molecular complexity index is 441. The van der Waals surface area contributed by atoms with Crippen molar-refractivity contribution in [2.45, 2.75) is 38.0 Å². The van der Waals surface area contributed by atoms with Crippen LogP contribution in [0.2, 0.25) is 0 Å². The molecule has 1 aromatic rings. The van der Waals surface area contributed by atoms with Gasteiger partial charge in [-0.2, -0.15) is 8.78 Å². The summed E-state index contributed by atoms with van der Waals surface area (Å²) < 4.78 is 26.1. The molecule has 1 aromatic carbocycles. The van der Waals surface area contributed by atoms with E-state index in [-0.39, 0.29) is 0 Å². The minimum Gasteiger partial charge on any atom is -0.477 e. The summed E-state index contributed by atoms with van der Waals surface area (Å²) >= 11 is 0. The number of benzene rings is 1. The highest BCUT2D eigenvalue weighted by molar-refractivity contribution is 5.75. The molecule has 0 fully saturated rings. The number of halogens is 2. The van der Waals surface area contributed by atoms with Crippen molar-refractivity contribution in [2.24, 2.45) is 0 Å². The van der Waals surface area contributed by atoms with Crippen molar-refractivity contribution in [1.82, 2.24) is 0 Å². The molecule has 92 valence electrons. The van der Waals surface area contributed by atoms with Gasteiger partial charge < -0.3 is 5.11 Å². The Balaban J connectivity index is 2.20. The van der Waals surface area contributed by atoms with E-state index < -0.39 is 18.3 Å². The van der Waals surface area contributed by atoms with E-state index in [1.807, 2.05) is 6.07 Å².